The van der Waals surface area contributed by atoms with Gasteiger partial charge in [-0.2, -0.15) is 0 Å². The number of carboxylic acid groups (broad SMARTS) is 1. The molecule has 2 atom stereocenters. The van der Waals surface area contributed by atoms with E-state index >= 15 is 0 Å². The van der Waals surface area contributed by atoms with Gasteiger partial charge in [0.05, 0.1) is 17.1 Å². The molecule has 0 bridgehead atoms. The maximum absolute atomic E-state index is 12.5. The Kier molecular flexibility index (Phi) is 4.17. The quantitative estimate of drug-likeness (QED) is 0.876. The Balaban J connectivity index is 2.34. The number of carbonyl (C=O) groups is 2. The van der Waals surface area contributed by atoms with E-state index in [9.17, 15) is 19.8 Å². The van der Waals surface area contributed by atoms with Gasteiger partial charge in [-0.3, -0.25) is 9.78 Å². The number of aromatic hydroxyl groups is 1. The minimum Gasteiger partial charge on any atom is -0.506 e. The maximum atomic E-state index is 12.5. The van der Waals surface area contributed by atoms with Gasteiger partial charge in [-0.1, -0.05) is 13.8 Å². The Bertz CT molecular complexity index is 535. The summed E-state index contributed by atoms with van der Waals surface area (Å²) in [4.78, 5) is 29.0. The van der Waals surface area contributed by atoms with Crippen LogP contribution in [-0.4, -0.2) is 49.1 Å². The van der Waals surface area contributed by atoms with Crippen LogP contribution in [0.1, 0.15) is 24.2 Å². The van der Waals surface area contributed by atoms with Gasteiger partial charge in [0.15, 0.2) is 0 Å². The first-order chi connectivity index (χ1) is 9.41. The molecule has 0 spiro atoms. The lowest BCUT2D eigenvalue weighted by Gasteiger charge is -2.29. The van der Waals surface area contributed by atoms with Gasteiger partial charge in [0.25, 0.3) is 5.91 Å². The van der Waals surface area contributed by atoms with Crippen LogP contribution < -0.4 is 0 Å². The molecule has 1 fully saturated rings. The van der Waals surface area contributed by atoms with Gasteiger partial charge in [-0.25, -0.2) is 4.79 Å². The molecule has 0 saturated carbocycles. The van der Waals surface area contributed by atoms with Gasteiger partial charge >= 0.3 is 5.97 Å². The molecule has 2 heterocycles. The molecule has 1 aliphatic heterocycles. The third kappa shape index (κ3) is 2.72. The summed E-state index contributed by atoms with van der Waals surface area (Å²) >= 11 is 1.46. The first-order valence-corrected chi connectivity index (χ1v) is 7.27. The molecule has 0 aromatic carbocycles. The van der Waals surface area contributed by atoms with Crippen molar-refractivity contribution in [1.82, 2.24) is 9.88 Å². The van der Waals surface area contributed by atoms with Crippen molar-refractivity contribution in [1.29, 1.82) is 0 Å². The zero-order valence-electron chi connectivity index (χ0n) is 11.2. The summed E-state index contributed by atoms with van der Waals surface area (Å²) in [6, 6.07) is 0.455. The number of carboxylic acids is 1. The lowest BCUT2D eigenvalue weighted by atomic mass is 10.1. The van der Waals surface area contributed by atoms with Crippen molar-refractivity contribution < 1.29 is 19.8 Å². The monoisotopic (exact) mass is 296 g/mol. The maximum Gasteiger partial charge on any atom is 0.327 e. The third-order valence-corrected chi connectivity index (χ3v) is 4.72. The van der Waals surface area contributed by atoms with Crippen molar-refractivity contribution >= 4 is 23.6 Å². The first-order valence-electron chi connectivity index (χ1n) is 6.23. The number of aliphatic carboxylic acids is 1. The van der Waals surface area contributed by atoms with Crippen molar-refractivity contribution in [2.45, 2.75) is 25.3 Å². The molecule has 1 aliphatic rings. The number of carbonyl (C=O) groups excluding carboxylic acids is 1. The van der Waals surface area contributed by atoms with Gasteiger partial charge in [0.1, 0.15) is 11.8 Å². The molecular weight excluding hydrogens is 280 g/mol. The molecule has 108 valence electrons. The molecule has 1 aromatic heterocycles. The van der Waals surface area contributed by atoms with Crippen LogP contribution in [-0.2, 0) is 4.79 Å². The van der Waals surface area contributed by atoms with Crippen molar-refractivity contribution in [2.24, 2.45) is 5.92 Å². The summed E-state index contributed by atoms with van der Waals surface area (Å²) in [7, 11) is 0. The summed E-state index contributed by atoms with van der Waals surface area (Å²) in [5, 5.41) is 18.5. The van der Waals surface area contributed by atoms with Crippen LogP contribution in [0.3, 0.4) is 0 Å². The average Bonchev–Trinajstić information content (AvgIpc) is 2.82. The Morgan fingerprint density at radius 3 is 2.70 bits per heavy atom. The highest BCUT2D eigenvalue weighted by Crippen LogP contribution is 2.35. The third-order valence-electron chi connectivity index (χ3n) is 3.10. The van der Waals surface area contributed by atoms with Crippen molar-refractivity contribution in [3.05, 3.63) is 24.0 Å². The number of rotatable bonds is 3. The van der Waals surface area contributed by atoms with Gasteiger partial charge in [-0.15, -0.1) is 11.8 Å². The fourth-order valence-electron chi connectivity index (χ4n) is 2.18. The average molecular weight is 296 g/mol. The SMILES string of the molecule is CC(C)C1SCC(C(=O)O)N1C(=O)c1cncc(O)c1. The molecule has 20 heavy (non-hydrogen) atoms. The fourth-order valence-corrected chi connectivity index (χ4v) is 3.65. The van der Waals surface area contributed by atoms with E-state index in [0.717, 1.165) is 0 Å². The van der Waals surface area contributed by atoms with Gasteiger partial charge in [0, 0.05) is 11.9 Å². The number of hydrogen-bond donors (Lipinski definition) is 2. The molecule has 6 nitrogen and oxygen atoms in total. The van der Waals surface area contributed by atoms with E-state index in [-0.39, 0.29) is 22.6 Å². The number of nitrogens with zero attached hydrogens (tertiary/aromatic N) is 2. The molecule has 0 radical (unpaired) electrons. The zero-order chi connectivity index (χ0) is 14.9. The standard InChI is InChI=1S/C13H16N2O4S/c1-7(2)12-15(10(6-20-12)13(18)19)11(17)8-3-9(16)5-14-4-8/h3-5,7,10,12,16H,6H2,1-2H3,(H,18,19). The predicted octanol–water partition coefficient (Wildman–Crippen LogP) is 1.41. The minimum atomic E-state index is -1.01. The van der Waals surface area contributed by atoms with Gasteiger partial charge < -0.3 is 15.1 Å². The molecule has 1 saturated heterocycles. The normalized spacial score (nSPS) is 22.2. The highest BCUT2D eigenvalue weighted by Gasteiger charge is 2.43. The molecule has 2 N–H and O–H groups in total. The number of amides is 1. The fraction of sp³-hybridized carbons (Fsp3) is 0.462. The first kappa shape index (κ1) is 14.6. The Morgan fingerprint density at radius 1 is 1.45 bits per heavy atom. The summed E-state index contributed by atoms with van der Waals surface area (Å²) in [6.07, 6.45) is 2.56. The second-order valence-electron chi connectivity index (χ2n) is 4.97. The van der Waals surface area contributed by atoms with E-state index in [1.807, 2.05) is 13.8 Å². The van der Waals surface area contributed by atoms with Crippen LogP contribution in [0, 0.1) is 5.92 Å². The number of aromatic nitrogens is 1. The highest BCUT2D eigenvalue weighted by molar-refractivity contribution is 8.00. The lowest BCUT2D eigenvalue weighted by molar-refractivity contribution is -0.141. The minimum absolute atomic E-state index is 0.115. The number of pyridine rings is 1. The summed E-state index contributed by atoms with van der Waals surface area (Å²) < 4.78 is 0. The Hall–Kier alpha value is -1.76. The van der Waals surface area contributed by atoms with Crippen LogP contribution >= 0.6 is 11.8 Å². The van der Waals surface area contributed by atoms with Crippen LogP contribution in [0.2, 0.25) is 0 Å². The van der Waals surface area contributed by atoms with E-state index in [4.69, 9.17) is 0 Å². The molecule has 1 aromatic rings. The van der Waals surface area contributed by atoms with Crippen LogP contribution in [0.5, 0.6) is 5.75 Å². The van der Waals surface area contributed by atoms with E-state index < -0.39 is 17.9 Å². The predicted molar refractivity (Wildman–Crippen MR) is 74.6 cm³/mol. The van der Waals surface area contributed by atoms with E-state index in [2.05, 4.69) is 4.98 Å². The van der Waals surface area contributed by atoms with Gasteiger partial charge in [0.2, 0.25) is 0 Å². The molecule has 1 amide bonds. The Morgan fingerprint density at radius 2 is 2.15 bits per heavy atom. The summed E-state index contributed by atoms with van der Waals surface area (Å²) in [5.74, 6) is -1.03. The van der Waals surface area contributed by atoms with Crippen LogP contribution in [0.15, 0.2) is 18.5 Å². The topological polar surface area (TPSA) is 90.7 Å². The Labute approximate surface area is 120 Å². The number of thioether (sulfide) groups is 1. The van der Waals surface area contributed by atoms with Gasteiger partial charge in [-0.05, 0) is 12.0 Å². The largest absolute Gasteiger partial charge is 0.506 e. The molecule has 0 aliphatic carbocycles. The second kappa shape index (κ2) is 5.70. The van der Waals surface area contributed by atoms with E-state index in [1.165, 1.54) is 35.1 Å². The smallest absolute Gasteiger partial charge is 0.327 e. The second-order valence-corrected chi connectivity index (χ2v) is 6.12. The molecular formula is C13H16N2O4S. The van der Waals surface area contributed by atoms with Crippen molar-refractivity contribution in [2.75, 3.05) is 5.75 Å². The highest BCUT2D eigenvalue weighted by atomic mass is 32.2. The molecule has 2 rings (SSSR count). The summed E-state index contributed by atoms with van der Waals surface area (Å²) in [6.45, 7) is 3.89. The molecule has 2 unspecified atom stereocenters. The van der Waals surface area contributed by atoms with E-state index in [0.29, 0.717) is 5.75 Å². The van der Waals surface area contributed by atoms with E-state index in [1.54, 1.807) is 0 Å². The van der Waals surface area contributed by atoms with Crippen molar-refractivity contribution in [3.8, 4) is 5.75 Å². The van der Waals surface area contributed by atoms with Crippen molar-refractivity contribution in [3.63, 3.8) is 0 Å². The summed E-state index contributed by atoms with van der Waals surface area (Å²) in [5.41, 5.74) is 0.199. The van der Waals surface area contributed by atoms with Crippen LogP contribution in [0.25, 0.3) is 0 Å². The number of hydrogen-bond acceptors (Lipinski definition) is 5. The zero-order valence-corrected chi connectivity index (χ0v) is 12.0. The molecule has 7 heteroatoms. The van der Waals surface area contributed by atoms with Crippen LogP contribution in [0.4, 0.5) is 0 Å². The lowest BCUT2D eigenvalue weighted by Crippen LogP contribution is -2.47.